The van der Waals surface area contributed by atoms with Crippen LogP contribution in [0.4, 0.5) is 0 Å². The molecule has 7 heteroatoms. The normalized spacial score (nSPS) is 11.4. The largest absolute Gasteiger partial charge is 0.451 e. The van der Waals surface area contributed by atoms with Crippen LogP contribution in [0.3, 0.4) is 0 Å². The van der Waals surface area contributed by atoms with Gasteiger partial charge in [0, 0.05) is 12.5 Å². The quantitative estimate of drug-likeness (QED) is 0.551. The Hall–Kier alpha value is -3.74. The molecule has 3 amide bonds. The van der Waals surface area contributed by atoms with Gasteiger partial charge in [0.15, 0.2) is 6.61 Å². The summed E-state index contributed by atoms with van der Waals surface area (Å²) in [6.45, 7) is 6.75. The molecule has 31 heavy (non-hydrogen) atoms. The standard InChI is InChI=1S/C24H26N2O5/c1-16(27)25-20(14-17-8-6-5-7-9-17)23(30)31-15-21(28)26-22(29)18-10-12-19(13-11-18)24(2,3)4/h5-14H,15H2,1-4H3,(H,25,27)(H,26,28,29). The number of carbonyl (C=O) groups excluding carboxylic acids is 4. The van der Waals surface area contributed by atoms with Gasteiger partial charge in [-0.3, -0.25) is 19.7 Å². The number of esters is 1. The van der Waals surface area contributed by atoms with Gasteiger partial charge in [-0.15, -0.1) is 0 Å². The Labute approximate surface area is 181 Å². The van der Waals surface area contributed by atoms with Crippen molar-refractivity contribution >= 4 is 29.8 Å². The maximum Gasteiger partial charge on any atom is 0.355 e. The minimum Gasteiger partial charge on any atom is -0.451 e. The summed E-state index contributed by atoms with van der Waals surface area (Å²) in [6.07, 6.45) is 1.43. The first kappa shape index (κ1) is 23.5. The van der Waals surface area contributed by atoms with Crippen molar-refractivity contribution in [2.24, 2.45) is 0 Å². The number of nitrogens with one attached hydrogen (secondary N) is 2. The molecule has 0 bridgehead atoms. The number of hydrogen-bond acceptors (Lipinski definition) is 5. The van der Waals surface area contributed by atoms with E-state index in [1.807, 2.05) is 18.2 Å². The molecule has 0 aliphatic heterocycles. The molecule has 0 saturated heterocycles. The summed E-state index contributed by atoms with van der Waals surface area (Å²) < 4.78 is 4.95. The van der Waals surface area contributed by atoms with E-state index in [-0.39, 0.29) is 11.1 Å². The number of amides is 3. The van der Waals surface area contributed by atoms with Gasteiger partial charge in [-0.2, -0.15) is 0 Å². The third-order valence-electron chi connectivity index (χ3n) is 4.24. The van der Waals surface area contributed by atoms with E-state index in [1.54, 1.807) is 36.4 Å². The molecule has 0 heterocycles. The highest BCUT2D eigenvalue weighted by Crippen LogP contribution is 2.22. The Morgan fingerprint density at radius 2 is 1.52 bits per heavy atom. The summed E-state index contributed by atoms with van der Waals surface area (Å²) in [6, 6.07) is 15.8. The van der Waals surface area contributed by atoms with Crippen LogP contribution in [-0.4, -0.2) is 30.3 Å². The van der Waals surface area contributed by atoms with Gasteiger partial charge in [0.25, 0.3) is 11.8 Å². The second-order valence-corrected chi connectivity index (χ2v) is 7.93. The number of ether oxygens (including phenoxy) is 1. The molecule has 2 aromatic rings. The number of benzene rings is 2. The van der Waals surface area contributed by atoms with E-state index in [0.717, 1.165) is 5.56 Å². The summed E-state index contributed by atoms with van der Waals surface area (Å²) in [7, 11) is 0. The van der Waals surface area contributed by atoms with Crippen LogP contribution >= 0.6 is 0 Å². The van der Waals surface area contributed by atoms with Crippen LogP contribution in [0.2, 0.25) is 0 Å². The Morgan fingerprint density at radius 3 is 2.06 bits per heavy atom. The van der Waals surface area contributed by atoms with Crippen molar-refractivity contribution in [2.45, 2.75) is 33.1 Å². The highest BCUT2D eigenvalue weighted by atomic mass is 16.5. The first-order valence-corrected chi connectivity index (χ1v) is 9.72. The lowest BCUT2D eigenvalue weighted by molar-refractivity contribution is -0.145. The average molecular weight is 422 g/mol. The van der Waals surface area contributed by atoms with Gasteiger partial charge in [-0.25, -0.2) is 4.79 Å². The summed E-state index contributed by atoms with van der Waals surface area (Å²) in [4.78, 5) is 48.0. The lowest BCUT2D eigenvalue weighted by atomic mass is 9.87. The van der Waals surface area contributed by atoms with Crippen molar-refractivity contribution in [2.75, 3.05) is 6.61 Å². The lowest BCUT2D eigenvalue weighted by Gasteiger charge is -2.19. The zero-order valence-corrected chi connectivity index (χ0v) is 18.0. The predicted molar refractivity (Wildman–Crippen MR) is 117 cm³/mol. The molecule has 0 spiro atoms. The molecule has 2 N–H and O–H groups in total. The van der Waals surface area contributed by atoms with E-state index < -0.39 is 30.3 Å². The fraction of sp³-hybridized carbons (Fsp3) is 0.250. The molecule has 0 radical (unpaired) electrons. The van der Waals surface area contributed by atoms with Crippen LogP contribution in [0, 0.1) is 0 Å². The number of rotatable bonds is 6. The second kappa shape index (κ2) is 10.3. The molecule has 0 fully saturated rings. The molecule has 0 atom stereocenters. The first-order chi connectivity index (χ1) is 14.6. The van der Waals surface area contributed by atoms with E-state index in [2.05, 4.69) is 31.4 Å². The number of hydrogen-bond donors (Lipinski definition) is 2. The van der Waals surface area contributed by atoms with Gasteiger partial charge in [-0.1, -0.05) is 63.2 Å². The Bertz CT molecular complexity index is 987. The molecule has 162 valence electrons. The zero-order chi connectivity index (χ0) is 23.0. The molecule has 0 aliphatic rings. The van der Waals surface area contributed by atoms with Crippen molar-refractivity contribution in [3.63, 3.8) is 0 Å². The van der Waals surface area contributed by atoms with Gasteiger partial charge >= 0.3 is 5.97 Å². The fourth-order valence-corrected chi connectivity index (χ4v) is 2.62. The molecule has 0 saturated carbocycles. The topological polar surface area (TPSA) is 102 Å². The third kappa shape index (κ3) is 7.54. The van der Waals surface area contributed by atoms with Gasteiger partial charge < -0.3 is 10.1 Å². The minimum absolute atomic E-state index is 0.0576. The summed E-state index contributed by atoms with van der Waals surface area (Å²) >= 11 is 0. The van der Waals surface area contributed by atoms with Crippen LogP contribution in [-0.2, 0) is 24.5 Å². The smallest absolute Gasteiger partial charge is 0.355 e. The molecule has 7 nitrogen and oxygen atoms in total. The van der Waals surface area contributed by atoms with Crippen LogP contribution in [0.5, 0.6) is 0 Å². The average Bonchev–Trinajstić information content (AvgIpc) is 2.71. The number of imide groups is 1. The van der Waals surface area contributed by atoms with Crippen LogP contribution in [0.1, 0.15) is 49.2 Å². The molecular weight excluding hydrogens is 396 g/mol. The van der Waals surface area contributed by atoms with Gasteiger partial charge in [0.1, 0.15) is 5.70 Å². The SMILES string of the molecule is CC(=O)NC(=Cc1ccccc1)C(=O)OCC(=O)NC(=O)c1ccc(C(C)(C)C)cc1. The minimum atomic E-state index is -0.892. The molecule has 2 aromatic carbocycles. The maximum absolute atomic E-state index is 12.3. The fourth-order valence-electron chi connectivity index (χ4n) is 2.62. The second-order valence-electron chi connectivity index (χ2n) is 7.93. The maximum atomic E-state index is 12.3. The molecule has 2 rings (SSSR count). The van der Waals surface area contributed by atoms with Crippen molar-refractivity contribution in [3.05, 3.63) is 77.0 Å². The highest BCUT2D eigenvalue weighted by Gasteiger charge is 2.18. The van der Waals surface area contributed by atoms with E-state index in [4.69, 9.17) is 4.74 Å². The molecule has 0 aliphatic carbocycles. The monoisotopic (exact) mass is 422 g/mol. The van der Waals surface area contributed by atoms with Crippen LogP contribution in [0.25, 0.3) is 6.08 Å². The van der Waals surface area contributed by atoms with E-state index >= 15 is 0 Å². The Morgan fingerprint density at radius 1 is 0.903 bits per heavy atom. The predicted octanol–water partition coefficient (Wildman–Crippen LogP) is 2.96. The van der Waals surface area contributed by atoms with E-state index in [9.17, 15) is 19.2 Å². The molecule has 0 unspecified atom stereocenters. The first-order valence-electron chi connectivity index (χ1n) is 9.72. The van der Waals surface area contributed by atoms with Gasteiger partial charge in [-0.05, 0) is 34.8 Å². The van der Waals surface area contributed by atoms with E-state index in [1.165, 1.54) is 13.0 Å². The lowest BCUT2D eigenvalue weighted by Crippen LogP contribution is -2.35. The Kier molecular flexibility index (Phi) is 7.85. The van der Waals surface area contributed by atoms with Crippen LogP contribution in [0.15, 0.2) is 60.3 Å². The van der Waals surface area contributed by atoms with E-state index in [0.29, 0.717) is 11.1 Å². The van der Waals surface area contributed by atoms with Crippen molar-refractivity contribution in [3.8, 4) is 0 Å². The van der Waals surface area contributed by atoms with Gasteiger partial charge in [0.2, 0.25) is 5.91 Å². The number of carbonyl (C=O) groups is 4. The summed E-state index contributed by atoms with van der Waals surface area (Å²) in [5, 5.41) is 4.56. The summed E-state index contributed by atoms with van der Waals surface area (Å²) in [5.74, 6) is -2.72. The third-order valence-corrected chi connectivity index (χ3v) is 4.24. The van der Waals surface area contributed by atoms with Gasteiger partial charge in [0.05, 0.1) is 0 Å². The van der Waals surface area contributed by atoms with Crippen molar-refractivity contribution in [1.29, 1.82) is 0 Å². The highest BCUT2D eigenvalue weighted by molar-refractivity contribution is 6.05. The summed E-state index contributed by atoms with van der Waals surface area (Å²) in [5.41, 5.74) is 1.87. The molecular formula is C24H26N2O5. The zero-order valence-electron chi connectivity index (χ0n) is 18.0. The van der Waals surface area contributed by atoms with Crippen LogP contribution < -0.4 is 10.6 Å². The molecule has 0 aromatic heterocycles. The Balaban J connectivity index is 1.96. The van der Waals surface area contributed by atoms with Crippen molar-refractivity contribution < 1.29 is 23.9 Å². The van der Waals surface area contributed by atoms with Crippen molar-refractivity contribution in [1.82, 2.24) is 10.6 Å².